The van der Waals surface area contributed by atoms with Gasteiger partial charge in [0.15, 0.2) is 10.8 Å². The van der Waals surface area contributed by atoms with Crippen molar-refractivity contribution in [2.24, 2.45) is 0 Å². The van der Waals surface area contributed by atoms with Crippen LogP contribution in [0.4, 0.5) is 10.8 Å². The van der Waals surface area contributed by atoms with E-state index in [4.69, 9.17) is 5.73 Å². The number of anilines is 2. The normalized spacial score (nSPS) is 11.0. The van der Waals surface area contributed by atoms with Crippen molar-refractivity contribution in [2.45, 2.75) is 39.5 Å². The smallest absolute Gasteiger partial charge is 0.280 e. The number of nitrogens with one attached hydrogen (secondary N) is 2. The van der Waals surface area contributed by atoms with Crippen LogP contribution in [0.5, 0.6) is 0 Å². The summed E-state index contributed by atoms with van der Waals surface area (Å²) in [5.41, 5.74) is 8.35. The average molecular weight is 293 g/mol. The number of hydrogen-bond acceptors (Lipinski definition) is 5. The minimum Gasteiger partial charge on any atom is -0.395 e. The summed E-state index contributed by atoms with van der Waals surface area (Å²) < 4.78 is 0. The Morgan fingerprint density at radius 1 is 1.55 bits per heavy atom. The van der Waals surface area contributed by atoms with E-state index in [2.05, 4.69) is 34.3 Å². The quantitative estimate of drug-likeness (QED) is 0.789. The fraction of sp³-hybridized carbons (Fsp3) is 0.462. The summed E-state index contributed by atoms with van der Waals surface area (Å²) >= 11 is 1.40. The predicted octanol–water partition coefficient (Wildman–Crippen LogP) is 2.78. The minimum atomic E-state index is -0.328. The maximum Gasteiger partial charge on any atom is 0.280 e. The van der Waals surface area contributed by atoms with Crippen molar-refractivity contribution >= 4 is 28.1 Å². The van der Waals surface area contributed by atoms with Crippen LogP contribution in [-0.2, 0) is 6.42 Å². The molecule has 108 valence electrons. The Morgan fingerprint density at radius 2 is 2.30 bits per heavy atom. The second-order valence-corrected chi connectivity index (χ2v) is 5.76. The number of carbonyl (C=O) groups excluding carboxylic acids is 1. The molecule has 0 bridgehead atoms. The Bertz CT molecular complexity index is 602. The molecule has 2 aromatic rings. The van der Waals surface area contributed by atoms with Gasteiger partial charge in [-0.3, -0.25) is 15.2 Å². The molecule has 2 rings (SSSR count). The highest BCUT2D eigenvalue weighted by Crippen LogP contribution is 2.23. The van der Waals surface area contributed by atoms with Crippen LogP contribution in [0, 0.1) is 0 Å². The number of thiazole rings is 1. The molecule has 0 aliphatic heterocycles. The van der Waals surface area contributed by atoms with Gasteiger partial charge in [0.1, 0.15) is 0 Å². The Morgan fingerprint density at radius 3 is 2.90 bits per heavy atom. The van der Waals surface area contributed by atoms with Crippen LogP contribution >= 0.6 is 11.3 Å². The molecule has 2 heterocycles. The molecular weight excluding hydrogens is 274 g/mol. The maximum absolute atomic E-state index is 12.1. The number of rotatable bonds is 5. The molecule has 20 heavy (non-hydrogen) atoms. The van der Waals surface area contributed by atoms with E-state index >= 15 is 0 Å². The monoisotopic (exact) mass is 293 g/mol. The van der Waals surface area contributed by atoms with E-state index in [9.17, 15) is 4.79 Å². The first kappa shape index (κ1) is 14.5. The van der Waals surface area contributed by atoms with Gasteiger partial charge in [-0.25, -0.2) is 4.98 Å². The number of amides is 1. The van der Waals surface area contributed by atoms with E-state index < -0.39 is 0 Å². The fourth-order valence-corrected chi connectivity index (χ4v) is 2.63. The summed E-state index contributed by atoms with van der Waals surface area (Å²) in [7, 11) is 0. The molecule has 0 saturated heterocycles. The zero-order valence-corrected chi connectivity index (χ0v) is 12.7. The van der Waals surface area contributed by atoms with Crippen LogP contribution in [0.15, 0.2) is 5.38 Å². The van der Waals surface area contributed by atoms with Crippen molar-refractivity contribution in [1.82, 2.24) is 15.2 Å². The van der Waals surface area contributed by atoms with Gasteiger partial charge in [-0.2, -0.15) is 5.10 Å². The molecular formula is C13H19N5OS. The second-order valence-electron chi connectivity index (χ2n) is 4.90. The Balaban J connectivity index is 2.11. The zero-order chi connectivity index (χ0) is 14.7. The van der Waals surface area contributed by atoms with Crippen molar-refractivity contribution in [2.75, 3.05) is 11.1 Å². The first-order chi connectivity index (χ1) is 9.52. The molecule has 0 saturated carbocycles. The number of carbonyl (C=O) groups is 1. The lowest BCUT2D eigenvalue weighted by atomic mass is 10.2. The summed E-state index contributed by atoms with van der Waals surface area (Å²) in [5, 5.41) is 12.0. The third-order valence-corrected chi connectivity index (χ3v) is 3.71. The highest BCUT2D eigenvalue weighted by atomic mass is 32.1. The minimum absolute atomic E-state index is 0.231. The molecule has 0 aliphatic rings. The van der Waals surface area contributed by atoms with Crippen molar-refractivity contribution in [3.63, 3.8) is 0 Å². The molecule has 0 unspecified atom stereocenters. The average Bonchev–Trinajstić information content (AvgIpc) is 2.98. The standard InChI is InChI=1S/C13H19N5OS/c1-4-5-8-10(14)11(18-17-8)12(19)16-13-15-9(6-20-13)7(2)3/h6-7H,4-5,14H2,1-3H3,(H,17,18)(H,15,16,19). The van der Waals surface area contributed by atoms with Crippen molar-refractivity contribution in [3.8, 4) is 0 Å². The highest BCUT2D eigenvalue weighted by Gasteiger charge is 2.18. The van der Waals surface area contributed by atoms with Gasteiger partial charge in [0, 0.05) is 5.38 Å². The van der Waals surface area contributed by atoms with E-state index in [1.807, 2.05) is 12.3 Å². The lowest BCUT2D eigenvalue weighted by molar-refractivity contribution is 0.102. The summed E-state index contributed by atoms with van der Waals surface area (Å²) in [5.74, 6) is 0.00858. The van der Waals surface area contributed by atoms with Gasteiger partial charge in [0.2, 0.25) is 0 Å². The third-order valence-electron chi connectivity index (χ3n) is 2.93. The van der Waals surface area contributed by atoms with Gasteiger partial charge < -0.3 is 5.73 Å². The topological polar surface area (TPSA) is 96.7 Å². The second kappa shape index (κ2) is 6.04. The molecule has 4 N–H and O–H groups in total. The van der Waals surface area contributed by atoms with E-state index in [0.717, 1.165) is 24.2 Å². The van der Waals surface area contributed by atoms with Crippen LogP contribution in [0.2, 0.25) is 0 Å². The summed E-state index contributed by atoms with van der Waals surface area (Å²) in [4.78, 5) is 16.5. The molecule has 0 aliphatic carbocycles. The van der Waals surface area contributed by atoms with E-state index in [1.165, 1.54) is 11.3 Å². The Labute approximate surface area is 121 Å². The number of nitrogens with zero attached hydrogens (tertiary/aromatic N) is 2. The number of aromatic amines is 1. The van der Waals surface area contributed by atoms with Gasteiger partial charge in [-0.05, 0) is 12.3 Å². The molecule has 0 spiro atoms. The molecule has 2 aromatic heterocycles. The Hall–Kier alpha value is -1.89. The number of hydrogen-bond donors (Lipinski definition) is 3. The van der Waals surface area contributed by atoms with Crippen LogP contribution in [0.3, 0.4) is 0 Å². The first-order valence-corrected chi connectivity index (χ1v) is 7.50. The molecule has 0 atom stereocenters. The van der Waals surface area contributed by atoms with Gasteiger partial charge in [0.25, 0.3) is 5.91 Å². The largest absolute Gasteiger partial charge is 0.395 e. The molecule has 0 radical (unpaired) electrons. The van der Waals surface area contributed by atoms with Crippen molar-refractivity contribution < 1.29 is 4.79 Å². The predicted molar refractivity (Wildman–Crippen MR) is 81.2 cm³/mol. The van der Waals surface area contributed by atoms with Crippen LogP contribution in [0.1, 0.15) is 55.0 Å². The molecule has 6 nitrogen and oxygen atoms in total. The molecule has 7 heteroatoms. The molecule has 0 fully saturated rings. The van der Waals surface area contributed by atoms with Crippen LogP contribution in [0.25, 0.3) is 0 Å². The van der Waals surface area contributed by atoms with Gasteiger partial charge in [-0.1, -0.05) is 27.2 Å². The third kappa shape index (κ3) is 2.98. The van der Waals surface area contributed by atoms with Crippen LogP contribution in [-0.4, -0.2) is 21.1 Å². The number of nitrogen functional groups attached to an aromatic ring is 1. The molecule has 0 aromatic carbocycles. The number of nitrogens with two attached hydrogens (primary N) is 1. The summed E-state index contributed by atoms with van der Waals surface area (Å²) in [6.45, 7) is 6.16. The van der Waals surface area contributed by atoms with E-state index in [0.29, 0.717) is 16.7 Å². The van der Waals surface area contributed by atoms with E-state index in [-0.39, 0.29) is 11.6 Å². The lowest BCUT2D eigenvalue weighted by Gasteiger charge is -2.01. The number of H-pyrrole nitrogens is 1. The highest BCUT2D eigenvalue weighted by molar-refractivity contribution is 7.14. The summed E-state index contributed by atoms with van der Waals surface area (Å²) in [6.07, 6.45) is 1.72. The number of aryl methyl sites for hydroxylation is 1. The zero-order valence-electron chi connectivity index (χ0n) is 11.9. The lowest BCUT2D eigenvalue weighted by Crippen LogP contribution is -2.14. The number of aromatic nitrogens is 3. The van der Waals surface area contributed by atoms with Crippen molar-refractivity contribution in [3.05, 3.63) is 22.5 Å². The molecule has 1 amide bonds. The van der Waals surface area contributed by atoms with Gasteiger partial charge in [-0.15, -0.1) is 11.3 Å². The van der Waals surface area contributed by atoms with E-state index in [1.54, 1.807) is 0 Å². The van der Waals surface area contributed by atoms with Gasteiger partial charge in [0.05, 0.1) is 17.1 Å². The first-order valence-electron chi connectivity index (χ1n) is 6.62. The van der Waals surface area contributed by atoms with Gasteiger partial charge >= 0.3 is 0 Å². The SMILES string of the molecule is CCCc1[nH]nc(C(=O)Nc2nc(C(C)C)cs2)c1N. The van der Waals surface area contributed by atoms with Crippen LogP contribution < -0.4 is 11.1 Å². The maximum atomic E-state index is 12.1. The Kier molecular flexibility index (Phi) is 4.39. The van der Waals surface area contributed by atoms with Crippen molar-refractivity contribution in [1.29, 1.82) is 0 Å². The fourth-order valence-electron chi connectivity index (χ4n) is 1.77. The summed E-state index contributed by atoms with van der Waals surface area (Å²) in [6, 6.07) is 0.